The lowest BCUT2D eigenvalue weighted by Gasteiger charge is -2.17. The summed E-state index contributed by atoms with van der Waals surface area (Å²) in [6.45, 7) is 0. The molecule has 1 nitrogen and oxygen atoms in total. The molecule has 2 aromatic rings. The van der Waals surface area contributed by atoms with Crippen LogP contribution in [-0.2, 0) is 12.8 Å². The van der Waals surface area contributed by atoms with E-state index in [1.165, 1.54) is 47.6 Å². The fourth-order valence-corrected chi connectivity index (χ4v) is 3.02. The van der Waals surface area contributed by atoms with Gasteiger partial charge < -0.3 is 5.73 Å². The molecule has 0 spiro atoms. The van der Waals surface area contributed by atoms with Gasteiger partial charge in [0, 0.05) is 10.2 Å². The van der Waals surface area contributed by atoms with E-state index in [0.717, 1.165) is 10.2 Å². The Labute approximate surface area is 104 Å². The number of nitrogen functional groups attached to an aromatic ring is 1. The van der Waals surface area contributed by atoms with Crippen molar-refractivity contribution in [1.82, 2.24) is 0 Å². The molecule has 0 bridgehead atoms. The summed E-state index contributed by atoms with van der Waals surface area (Å²) >= 11 is 3.58. The van der Waals surface area contributed by atoms with Crippen molar-refractivity contribution in [2.24, 2.45) is 0 Å². The first-order valence-corrected chi connectivity index (χ1v) is 6.54. The van der Waals surface area contributed by atoms with Crippen molar-refractivity contribution >= 4 is 32.4 Å². The summed E-state index contributed by atoms with van der Waals surface area (Å²) in [6, 6.07) is 8.73. The van der Waals surface area contributed by atoms with Crippen LogP contribution in [0.1, 0.15) is 24.0 Å². The van der Waals surface area contributed by atoms with Crippen molar-refractivity contribution in [2.45, 2.75) is 25.7 Å². The van der Waals surface area contributed by atoms with E-state index in [4.69, 9.17) is 5.73 Å². The molecular formula is C14H14BrN. The van der Waals surface area contributed by atoms with Crippen molar-refractivity contribution in [3.05, 3.63) is 39.9 Å². The quantitative estimate of drug-likeness (QED) is 0.721. The minimum absolute atomic E-state index is 0.822. The lowest BCUT2D eigenvalue weighted by atomic mass is 9.89. The summed E-state index contributed by atoms with van der Waals surface area (Å²) in [7, 11) is 0. The summed E-state index contributed by atoms with van der Waals surface area (Å²) in [5.41, 5.74) is 9.77. The summed E-state index contributed by atoms with van der Waals surface area (Å²) in [5.74, 6) is 0. The number of benzene rings is 2. The van der Waals surface area contributed by atoms with E-state index in [0.29, 0.717) is 0 Å². The second kappa shape index (κ2) is 3.77. The highest BCUT2D eigenvalue weighted by Crippen LogP contribution is 2.33. The Kier molecular flexibility index (Phi) is 2.40. The van der Waals surface area contributed by atoms with Crippen LogP contribution >= 0.6 is 15.9 Å². The van der Waals surface area contributed by atoms with E-state index in [1.807, 2.05) is 6.07 Å². The summed E-state index contributed by atoms with van der Waals surface area (Å²) in [6.07, 6.45) is 5.09. The van der Waals surface area contributed by atoms with Gasteiger partial charge in [-0.15, -0.1) is 0 Å². The predicted molar refractivity (Wildman–Crippen MR) is 72.7 cm³/mol. The van der Waals surface area contributed by atoms with Crippen LogP contribution in [0, 0.1) is 0 Å². The monoisotopic (exact) mass is 275 g/mol. The lowest BCUT2D eigenvalue weighted by molar-refractivity contribution is 0.687. The second-order valence-electron chi connectivity index (χ2n) is 4.52. The Hall–Kier alpha value is -1.02. The van der Waals surface area contributed by atoms with Gasteiger partial charge in [0.25, 0.3) is 0 Å². The summed E-state index contributed by atoms with van der Waals surface area (Å²) < 4.78 is 1.04. The first-order chi connectivity index (χ1) is 7.75. The standard InChI is InChI=1S/C14H14BrN/c15-14-12-8-10-4-2-1-3-9(10)7-11(12)5-6-13(14)16/h5-8H,1-4,16H2. The Balaban J connectivity index is 2.31. The highest BCUT2D eigenvalue weighted by atomic mass is 79.9. The average molecular weight is 276 g/mol. The molecule has 0 saturated carbocycles. The van der Waals surface area contributed by atoms with Crippen molar-refractivity contribution in [2.75, 3.05) is 5.73 Å². The van der Waals surface area contributed by atoms with Gasteiger partial charge in [-0.25, -0.2) is 0 Å². The van der Waals surface area contributed by atoms with Gasteiger partial charge in [-0.2, -0.15) is 0 Å². The molecule has 0 saturated heterocycles. The number of fused-ring (bicyclic) bond motifs is 2. The molecule has 2 heteroatoms. The molecule has 0 unspecified atom stereocenters. The van der Waals surface area contributed by atoms with Gasteiger partial charge in [-0.3, -0.25) is 0 Å². The van der Waals surface area contributed by atoms with E-state index in [2.05, 4.69) is 34.1 Å². The zero-order chi connectivity index (χ0) is 11.1. The van der Waals surface area contributed by atoms with Crippen molar-refractivity contribution < 1.29 is 0 Å². The molecule has 1 aliphatic rings. The average Bonchev–Trinajstić information content (AvgIpc) is 2.32. The Bertz CT molecular complexity index is 560. The molecule has 0 heterocycles. The van der Waals surface area contributed by atoms with E-state index < -0.39 is 0 Å². The van der Waals surface area contributed by atoms with E-state index in [9.17, 15) is 0 Å². The Morgan fingerprint density at radius 2 is 1.69 bits per heavy atom. The smallest absolute Gasteiger partial charge is 0.0483 e. The number of halogens is 1. The molecule has 0 aliphatic heterocycles. The van der Waals surface area contributed by atoms with Crippen LogP contribution in [-0.4, -0.2) is 0 Å². The fourth-order valence-electron chi connectivity index (χ4n) is 2.54. The van der Waals surface area contributed by atoms with E-state index >= 15 is 0 Å². The number of nitrogens with two attached hydrogens (primary N) is 1. The van der Waals surface area contributed by atoms with Crippen LogP contribution in [0.4, 0.5) is 5.69 Å². The molecule has 0 aromatic heterocycles. The molecule has 16 heavy (non-hydrogen) atoms. The van der Waals surface area contributed by atoms with Crippen LogP contribution in [0.25, 0.3) is 10.8 Å². The molecule has 82 valence electrons. The van der Waals surface area contributed by atoms with Gasteiger partial charge in [0.1, 0.15) is 0 Å². The third kappa shape index (κ3) is 1.52. The first kappa shape index (κ1) is 10.2. The SMILES string of the molecule is Nc1ccc2cc3c(cc2c1Br)CCCC3. The molecule has 2 aromatic carbocycles. The molecule has 0 amide bonds. The van der Waals surface area contributed by atoms with Crippen LogP contribution in [0.5, 0.6) is 0 Å². The normalized spacial score (nSPS) is 15.1. The second-order valence-corrected chi connectivity index (χ2v) is 5.31. The highest BCUT2D eigenvalue weighted by Gasteiger charge is 2.12. The molecule has 3 rings (SSSR count). The van der Waals surface area contributed by atoms with Gasteiger partial charge in [-0.1, -0.05) is 12.1 Å². The van der Waals surface area contributed by atoms with Gasteiger partial charge in [0.2, 0.25) is 0 Å². The van der Waals surface area contributed by atoms with Crippen LogP contribution in [0.2, 0.25) is 0 Å². The third-order valence-electron chi connectivity index (χ3n) is 3.45. The number of hydrogen-bond acceptors (Lipinski definition) is 1. The van der Waals surface area contributed by atoms with Gasteiger partial charge in [0.05, 0.1) is 0 Å². The number of anilines is 1. The molecule has 0 radical (unpaired) electrons. The lowest BCUT2D eigenvalue weighted by Crippen LogP contribution is -2.02. The zero-order valence-electron chi connectivity index (χ0n) is 9.09. The van der Waals surface area contributed by atoms with Gasteiger partial charge in [0.15, 0.2) is 0 Å². The first-order valence-electron chi connectivity index (χ1n) is 5.75. The molecule has 1 aliphatic carbocycles. The number of hydrogen-bond donors (Lipinski definition) is 1. The Morgan fingerprint density at radius 1 is 1.00 bits per heavy atom. The van der Waals surface area contributed by atoms with Crippen molar-refractivity contribution in [3.63, 3.8) is 0 Å². The maximum atomic E-state index is 5.92. The van der Waals surface area contributed by atoms with E-state index in [1.54, 1.807) is 0 Å². The maximum Gasteiger partial charge on any atom is 0.0483 e. The minimum Gasteiger partial charge on any atom is -0.398 e. The number of rotatable bonds is 0. The molecule has 2 N–H and O–H groups in total. The summed E-state index contributed by atoms with van der Waals surface area (Å²) in [5, 5.41) is 2.54. The Morgan fingerprint density at radius 3 is 2.44 bits per heavy atom. The number of aryl methyl sites for hydroxylation is 2. The minimum atomic E-state index is 0.822. The highest BCUT2D eigenvalue weighted by molar-refractivity contribution is 9.10. The zero-order valence-corrected chi connectivity index (χ0v) is 10.7. The van der Waals surface area contributed by atoms with Crippen molar-refractivity contribution in [3.8, 4) is 0 Å². The molecular weight excluding hydrogens is 262 g/mol. The third-order valence-corrected chi connectivity index (χ3v) is 4.33. The molecule has 0 fully saturated rings. The van der Waals surface area contributed by atoms with Crippen LogP contribution < -0.4 is 5.73 Å². The van der Waals surface area contributed by atoms with Crippen LogP contribution in [0.3, 0.4) is 0 Å². The largest absolute Gasteiger partial charge is 0.398 e. The van der Waals surface area contributed by atoms with Gasteiger partial charge in [-0.05, 0) is 75.6 Å². The maximum absolute atomic E-state index is 5.92. The predicted octanol–water partition coefficient (Wildman–Crippen LogP) is 4.06. The van der Waals surface area contributed by atoms with Crippen LogP contribution in [0.15, 0.2) is 28.7 Å². The fraction of sp³-hybridized carbons (Fsp3) is 0.286. The van der Waals surface area contributed by atoms with Gasteiger partial charge >= 0.3 is 0 Å². The summed E-state index contributed by atoms with van der Waals surface area (Å²) in [4.78, 5) is 0. The molecule has 0 atom stereocenters. The topological polar surface area (TPSA) is 26.0 Å². The van der Waals surface area contributed by atoms with Crippen molar-refractivity contribution in [1.29, 1.82) is 0 Å². The van der Waals surface area contributed by atoms with E-state index in [-0.39, 0.29) is 0 Å².